The molecule has 0 saturated heterocycles. The van der Waals surface area contributed by atoms with Crippen molar-refractivity contribution in [3.63, 3.8) is 0 Å². The van der Waals surface area contributed by atoms with Gasteiger partial charge in [-0.1, -0.05) is 18.2 Å². The fourth-order valence-electron chi connectivity index (χ4n) is 1.65. The number of hydrogen-bond donors (Lipinski definition) is 0. The summed E-state index contributed by atoms with van der Waals surface area (Å²) in [4.78, 5) is 16.2. The Bertz CT molecular complexity index is 552. The van der Waals surface area contributed by atoms with Crippen molar-refractivity contribution in [2.75, 3.05) is 7.11 Å². The second kappa shape index (κ2) is 5.78. The second-order valence-electron chi connectivity index (χ2n) is 3.77. The molecule has 1 aromatic heterocycles. The third kappa shape index (κ3) is 2.96. The van der Waals surface area contributed by atoms with Crippen LogP contribution in [0.4, 0.5) is 0 Å². The number of hydrogen-bond acceptors (Lipinski definition) is 3. The minimum absolute atomic E-state index is 0.0213. The van der Waals surface area contributed by atoms with Crippen LogP contribution in [0.15, 0.2) is 47.1 Å². The molecule has 0 saturated carbocycles. The number of pyridine rings is 1. The van der Waals surface area contributed by atoms with Gasteiger partial charge < -0.3 is 4.74 Å². The molecule has 4 heteroatoms. The van der Waals surface area contributed by atoms with Crippen molar-refractivity contribution in [1.29, 1.82) is 0 Å². The lowest BCUT2D eigenvalue weighted by Gasteiger charge is -2.07. The molecule has 0 radical (unpaired) electrons. The molecule has 1 aromatic carbocycles. The molecule has 0 aliphatic rings. The average molecular weight is 306 g/mol. The number of benzene rings is 1. The Kier molecular flexibility index (Phi) is 4.10. The van der Waals surface area contributed by atoms with Crippen LogP contribution in [-0.2, 0) is 6.42 Å². The monoisotopic (exact) mass is 305 g/mol. The van der Waals surface area contributed by atoms with Gasteiger partial charge in [-0.05, 0) is 34.1 Å². The third-order valence-corrected chi connectivity index (χ3v) is 3.03. The highest BCUT2D eigenvalue weighted by molar-refractivity contribution is 9.10. The van der Waals surface area contributed by atoms with E-state index in [1.165, 1.54) is 0 Å². The predicted molar refractivity (Wildman–Crippen MR) is 73.0 cm³/mol. The van der Waals surface area contributed by atoms with E-state index < -0.39 is 0 Å². The van der Waals surface area contributed by atoms with Gasteiger partial charge in [0, 0.05) is 22.7 Å². The molecule has 0 aliphatic carbocycles. The first-order chi connectivity index (χ1) is 8.70. The second-order valence-corrected chi connectivity index (χ2v) is 4.69. The van der Waals surface area contributed by atoms with Crippen LogP contribution in [0.5, 0.6) is 5.75 Å². The van der Waals surface area contributed by atoms with Gasteiger partial charge in [0.1, 0.15) is 11.4 Å². The van der Waals surface area contributed by atoms with Gasteiger partial charge >= 0.3 is 0 Å². The highest BCUT2D eigenvalue weighted by Crippen LogP contribution is 2.19. The van der Waals surface area contributed by atoms with Crippen molar-refractivity contribution in [2.45, 2.75) is 6.42 Å². The maximum absolute atomic E-state index is 12.1. The molecule has 0 fully saturated rings. The van der Waals surface area contributed by atoms with Crippen LogP contribution >= 0.6 is 15.9 Å². The fourth-order valence-corrected chi connectivity index (χ4v) is 1.89. The lowest BCUT2D eigenvalue weighted by Crippen LogP contribution is -2.06. The maximum Gasteiger partial charge on any atom is 0.185 e. The number of methoxy groups -OCH3 is 1. The van der Waals surface area contributed by atoms with Crippen molar-refractivity contribution in [1.82, 2.24) is 4.98 Å². The Balaban J connectivity index is 2.18. The molecular weight excluding hydrogens is 294 g/mol. The van der Waals surface area contributed by atoms with Gasteiger partial charge in [0.05, 0.1) is 7.11 Å². The number of rotatable bonds is 4. The van der Waals surface area contributed by atoms with Crippen LogP contribution in [0.3, 0.4) is 0 Å². The van der Waals surface area contributed by atoms with Gasteiger partial charge in [-0.15, -0.1) is 0 Å². The minimum Gasteiger partial charge on any atom is -0.496 e. The minimum atomic E-state index is -0.0213. The van der Waals surface area contributed by atoms with Crippen molar-refractivity contribution in [2.24, 2.45) is 0 Å². The SMILES string of the molecule is COc1ccccc1CC(=O)c1ccc(Br)cn1. The van der Waals surface area contributed by atoms with Gasteiger partial charge in [-0.25, -0.2) is 0 Å². The van der Waals surface area contributed by atoms with E-state index in [4.69, 9.17) is 4.74 Å². The van der Waals surface area contributed by atoms with Gasteiger partial charge in [0.2, 0.25) is 0 Å². The molecule has 18 heavy (non-hydrogen) atoms. The number of ether oxygens (including phenoxy) is 1. The van der Waals surface area contributed by atoms with Gasteiger partial charge in [0.15, 0.2) is 5.78 Å². The predicted octanol–water partition coefficient (Wildman–Crippen LogP) is 3.28. The number of carbonyl (C=O) groups excluding carboxylic acids is 1. The van der Waals surface area contributed by atoms with Crippen LogP contribution in [0, 0.1) is 0 Å². The molecule has 92 valence electrons. The summed E-state index contributed by atoms with van der Waals surface area (Å²) in [7, 11) is 1.60. The fraction of sp³-hybridized carbons (Fsp3) is 0.143. The summed E-state index contributed by atoms with van der Waals surface area (Å²) >= 11 is 3.29. The van der Waals surface area contributed by atoms with Crippen molar-refractivity contribution in [3.05, 3.63) is 58.3 Å². The maximum atomic E-state index is 12.1. The van der Waals surface area contributed by atoms with E-state index in [0.717, 1.165) is 15.8 Å². The summed E-state index contributed by atoms with van der Waals surface area (Å²) in [6, 6.07) is 11.0. The Morgan fingerprint density at radius 2 is 2.06 bits per heavy atom. The van der Waals surface area contributed by atoms with Crippen LogP contribution in [0.2, 0.25) is 0 Å². The van der Waals surface area contributed by atoms with Crippen molar-refractivity contribution in [3.8, 4) is 5.75 Å². The average Bonchev–Trinajstić information content (AvgIpc) is 2.40. The molecule has 2 aromatic rings. The van der Waals surface area contributed by atoms with Crippen LogP contribution in [0.1, 0.15) is 16.1 Å². The molecule has 0 spiro atoms. The number of Topliss-reactive ketones (excluding diaryl/α,β-unsaturated/α-hetero) is 1. The van der Waals surface area contributed by atoms with E-state index in [2.05, 4.69) is 20.9 Å². The number of nitrogens with zero attached hydrogens (tertiary/aromatic N) is 1. The lowest BCUT2D eigenvalue weighted by molar-refractivity contribution is 0.0987. The van der Waals surface area contributed by atoms with E-state index in [1.54, 1.807) is 19.4 Å². The first-order valence-electron chi connectivity index (χ1n) is 5.47. The summed E-state index contributed by atoms with van der Waals surface area (Å²) < 4.78 is 6.08. The van der Waals surface area contributed by atoms with Crippen molar-refractivity contribution < 1.29 is 9.53 Å². The first kappa shape index (κ1) is 12.8. The van der Waals surface area contributed by atoms with E-state index in [0.29, 0.717) is 12.1 Å². The molecular formula is C14H12BrNO2. The van der Waals surface area contributed by atoms with E-state index in [-0.39, 0.29) is 5.78 Å². The summed E-state index contributed by atoms with van der Waals surface area (Å²) in [6.45, 7) is 0. The number of aromatic nitrogens is 1. The van der Waals surface area contributed by atoms with Crippen LogP contribution in [0.25, 0.3) is 0 Å². The number of para-hydroxylation sites is 1. The summed E-state index contributed by atoms with van der Waals surface area (Å²) in [5.41, 5.74) is 1.33. The quantitative estimate of drug-likeness (QED) is 0.814. The highest BCUT2D eigenvalue weighted by atomic mass is 79.9. The smallest absolute Gasteiger partial charge is 0.185 e. The number of halogens is 1. The standard InChI is InChI=1S/C14H12BrNO2/c1-18-14-5-3-2-4-10(14)8-13(17)12-7-6-11(15)9-16-12/h2-7,9H,8H2,1H3. The highest BCUT2D eigenvalue weighted by Gasteiger charge is 2.11. The Morgan fingerprint density at radius 1 is 1.28 bits per heavy atom. The zero-order chi connectivity index (χ0) is 13.0. The molecule has 1 heterocycles. The van der Waals surface area contributed by atoms with Gasteiger partial charge in [-0.3, -0.25) is 9.78 Å². The van der Waals surface area contributed by atoms with E-state index >= 15 is 0 Å². The molecule has 0 bridgehead atoms. The molecule has 0 unspecified atom stereocenters. The molecule has 2 rings (SSSR count). The zero-order valence-electron chi connectivity index (χ0n) is 9.89. The van der Waals surface area contributed by atoms with E-state index in [9.17, 15) is 4.79 Å². The summed E-state index contributed by atoms with van der Waals surface area (Å²) in [5.74, 6) is 0.704. The molecule has 0 N–H and O–H groups in total. The number of ketones is 1. The van der Waals surface area contributed by atoms with Crippen LogP contribution in [-0.4, -0.2) is 17.9 Å². The van der Waals surface area contributed by atoms with E-state index in [1.807, 2.05) is 30.3 Å². The Hall–Kier alpha value is -1.68. The summed E-state index contributed by atoms with van der Waals surface area (Å²) in [5, 5.41) is 0. The zero-order valence-corrected chi connectivity index (χ0v) is 11.5. The van der Waals surface area contributed by atoms with Crippen LogP contribution < -0.4 is 4.74 Å². The molecule has 0 aliphatic heterocycles. The lowest BCUT2D eigenvalue weighted by atomic mass is 10.1. The Labute approximate surface area is 114 Å². The Morgan fingerprint density at radius 3 is 2.72 bits per heavy atom. The van der Waals surface area contributed by atoms with Crippen molar-refractivity contribution >= 4 is 21.7 Å². The third-order valence-electron chi connectivity index (χ3n) is 2.56. The van der Waals surface area contributed by atoms with Gasteiger partial charge in [0.25, 0.3) is 0 Å². The first-order valence-corrected chi connectivity index (χ1v) is 6.26. The number of carbonyl (C=O) groups is 1. The summed E-state index contributed by atoms with van der Waals surface area (Å²) in [6.07, 6.45) is 1.91. The molecule has 0 amide bonds. The van der Waals surface area contributed by atoms with Gasteiger partial charge in [-0.2, -0.15) is 0 Å². The molecule has 3 nitrogen and oxygen atoms in total. The largest absolute Gasteiger partial charge is 0.496 e. The normalized spacial score (nSPS) is 10.1. The molecule has 0 atom stereocenters. The topological polar surface area (TPSA) is 39.2 Å².